The molecule has 0 aliphatic heterocycles. The first-order valence-electron chi connectivity index (χ1n) is 6.83. The summed E-state index contributed by atoms with van der Waals surface area (Å²) in [5.41, 5.74) is 0. The van der Waals surface area contributed by atoms with Crippen molar-refractivity contribution in [1.82, 2.24) is 4.98 Å². The molecule has 5 nitrogen and oxygen atoms in total. The van der Waals surface area contributed by atoms with E-state index < -0.39 is 17.6 Å². The van der Waals surface area contributed by atoms with Gasteiger partial charge < -0.3 is 5.32 Å². The van der Waals surface area contributed by atoms with E-state index in [1.807, 2.05) is 24.3 Å². The number of pyridine rings is 1. The molecule has 112 valence electrons. The van der Waals surface area contributed by atoms with E-state index in [2.05, 4.69) is 10.3 Å². The van der Waals surface area contributed by atoms with Crippen LogP contribution in [0.2, 0.25) is 0 Å². The van der Waals surface area contributed by atoms with Crippen molar-refractivity contribution < 1.29 is 9.59 Å². The Morgan fingerprint density at radius 3 is 2.65 bits per heavy atom. The number of fused-ring (bicyclic) bond motifs is 1. The first kappa shape index (κ1) is 14.9. The van der Waals surface area contributed by atoms with Gasteiger partial charge in [0.2, 0.25) is 0 Å². The first-order chi connectivity index (χ1) is 11.2. The van der Waals surface area contributed by atoms with Crippen molar-refractivity contribution >= 4 is 38.9 Å². The normalized spacial score (nSPS) is 11.6. The molecule has 1 N–H and O–H groups in total. The van der Waals surface area contributed by atoms with Crippen LogP contribution in [0.5, 0.6) is 0 Å². The number of ketones is 1. The number of thiophene rings is 1. The quantitative estimate of drug-likeness (QED) is 0.590. The maximum atomic E-state index is 12.5. The van der Waals surface area contributed by atoms with Gasteiger partial charge in [0.15, 0.2) is 11.7 Å². The van der Waals surface area contributed by atoms with E-state index in [4.69, 9.17) is 0 Å². The molecule has 1 atom stereocenters. The van der Waals surface area contributed by atoms with Crippen molar-refractivity contribution in [1.29, 1.82) is 5.26 Å². The predicted octanol–water partition coefficient (Wildman–Crippen LogP) is 3.26. The molecule has 6 heteroatoms. The summed E-state index contributed by atoms with van der Waals surface area (Å²) in [6.45, 7) is 0. The van der Waals surface area contributed by atoms with Crippen LogP contribution in [0.3, 0.4) is 0 Å². The molecule has 0 fully saturated rings. The zero-order valence-electron chi connectivity index (χ0n) is 11.9. The van der Waals surface area contributed by atoms with Gasteiger partial charge in [0.1, 0.15) is 5.82 Å². The van der Waals surface area contributed by atoms with Gasteiger partial charge in [-0.3, -0.25) is 9.59 Å². The van der Waals surface area contributed by atoms with Gasteiger partial charge in [-0.15, -0.1) is 11.3 Å². The molecule has 0 radical (unpaired) electrons. The number of hydrogen-bond acceptors (Lipinski definition) is 5. The van der Waals surface area contributed by atoms with Gasteiger partial charge in [0.25, 0.3) is 5.91 Å². The molecule has 3 aromatic rings. The third-order valence-corrected chi connectivity index (χ3v) is 4.37. The largest absolute Gasteiger partial charge is 0.309 e. The second-order valence-electron chi connectivity index (χ2n) is 4.78. The number of aromatic nitrogens is 1. The van der Waals surface area contributed by atoms with Gasteiger partial charge >= 0.3 is 0 Å². The molecule has 23 heavy (non-hydrogen) atoms. The smallest absolute Gasteiger partial charge is 0.250 e. The van der Waals surface area contributed by atoms with Gasteiger partial charge in [-0.2, -0.15) is 5.26 Å². The van der Waals surface area contributed by atoms with E-state index in [1.54, 1.807) is 30.3 Å². The summed E-state index contributed by atoms with van der Waals surface area (Å²) in [6, 6.07) is 16.0. The van der Waals surface area contributed by atoms with Crippen molar-refractivity contribution in [2.45, 2.75) is 0 Å². The van der Waals surface area contributed by atoms with Crippen LogP contribution in [0.15, 0.2) is 54.7 Å². The number of Topliss-reactive ketones (excluding diaryl/α,β-unsaturated/α-hetero) is 1. The minimum absolute atomic E-state index is 0.307. The van der Waals surface area contributed by atoms with Crippen LogP contribution in [0.25, 0.3) is 10.1 Å². The predicted molar refractivity (Wildman–Crippen MR) is 88.1 cm³/mol. The van der Waals surface area contributed by atoms with Gasteiger partial charge in [-0.25, -0.2) is 4.98 Å². The lowest BCUT2D eigenvalue weighted by Gasteiger charge is -2.07. The van der Waals surface area contributed by atoms with Crippen molar-refractivity contribution in [3.8, 4) is 6.07 Å². The molecule has 2 aromatic heterocycles. The summed E-state index contributed by atoms with van der Waals surface area (Å²) < 4.78 is 0.942. The Hall–Kier alpha value is -3.04. The number of carbonyl (C=O) groups excluding carboxylic acids is 2. The number of hydrogen-bond donors (Lipinski definition) is 1. The van der Waals surface area contributed by atoms with Gasteiger partial charge in [-0.05, 0) is 29.7 Å². The van der Waals surface area contributed by atoms with E-state index in [0.717, 1.165) is 10.1 Å². The van der Waals surface area contributed by atoms with Crippen molar-refractivity contribution in [2.75, 3.05) is 5.32 Å². The number of benzene rings is 1. The molecular weight excluding hydrogens is 310 g/mol. The van der Waals surface area contributed by atoms with Gasteiger partial charge in [-0.1, -0.05) is 24.3 Å². The van der Waals surface area contributed by atoms with Gasteiger partial charge in [0, 0.05) is 10.9 Å². The highest BCUT2D eigenvalue weighted by Crippen LogP contribution is 2.27. The molecule has 1 aromatic carbocycles. The lowest BCUT2D eigenvalue weighted by molar-refractivity contribution is -0.117. The van der Waals surface area contributed by atoms with Crippen molar-refractivity contribution in [3.63, 3.8) is 0 Å². The van der Waals surface area contributed by atoms with Crippen molar-refractivity contribution in [2.24, 2.45) is 5.92 Å². The van der Waals surface area contributed by atoms with Gasteiger partial charge in [0.05, 0.1) is 10.9 Å². The van der Waals surface area contributed by atoms with Crippen LogP contribution in [0, 0.1) is 17.2 Å². The Balaban J connectivity index is 1.83. The number of rotatable bonds is 4. The number of nitrogens with zero attached hydrogens (tertiary/aromatic N) is 2. The summed E-state index contributed by atoms with van der Waals surface area (Å²) in [6.07, 6.45) is 1.52. The number of nitriles is 1. The minimum Gasteiger partial charge on any atom is -0.309 e. The molecule has 0 saturated heterocycles. The molecule has 0 aliphatic rings. The fourth-order valence-corrected chi connectivity index (χ4v) is 3.15. The monoisotopic (exact) mass is 321 g/mol. The van der Waals surface area contributed by atoms with Crippen LogP contribution >= 0.6 is 11.3 Å². The first-order valence-corrected chi connectivity index (χ1v) is 7.65. The lowest BCUT2D eigenvalue weighted by atomic mass is 10.0. The summed E-state index contributed by atoms with van der Waals surface area (Å²) in [4.78, 5) is 29.0. The molecule has 0 unspecified atom stereocenters. The van der Waals surface area contributed by atoms with E-state index in [1.165, 1.54) is 17.5 Å². The summed E-state index contributed by atoms with van der Waals surface area (Å²) in [5, 5.41) is 12.6. The molecule has 0 aliphatic carbocycles. The summed E-state index contributed by atoms with van der Waals surface area (Å²) in [5.74, 6) is -2.26. The minimum atomic E-state index is -1.40. The fourth-order valence-electron chi connectivity index (χ4n) is 2.12. The highest BCUT2D eigenvalue weighted by Gasteiger charge is 2.29. The van der Waals surface area contributed by atoms with E-state index >= 15 is 0 Å². The SMILES string of the molecule is N#C[C@@H](C(=O)Nc1ccccn1)C(=O)c1cc2ccccc2s1. The average Bonchev–Trinajstić information content (AvgIpc) is 3.00. The number of carbonyl (C=O) groups is 2. The Bertz CT molecular complexity index is 879. The highest BCUT2D eigenvalue weighted by molar-refractivity contribution is 7.20. The molecule has 0 spiro atoms. The van der Waals surface area contributed by atoms with Crippen LogP contribution in [-0.4, -0.2) is 16.7 Å². The Labute approximate surface area is 136 Å². The van der Waals surface area contributed by atoms with Crippen LogP contribution in [0.4, 0.5) is 5.82 Å². The fraction of sp³-hybridized carbons (Fsp3) is 0.0588. The topological polar surface area (TPSA) is 82.8 Å². The Morgan fingerprint density at radius 1 is 1.17 bits per heavy atom. The number of anilines is 1. The number of amides is 1. The second kappa shape index (κ2) is 6.38. The highest BCUT2D eigenvalue weighted by atomic mass is 32.1. The van der Waals surface area contributed by atoms with Crippen LogP contribution < -0.4 is 5.32 Å². The maximum absolute atomic E-state index is 12.5. The molecule has 0 bridgehead atoms. The average molecular weight is 321 g/mol. The Kier molecular flexibility index (Phi) is 4.13. The van der Waals surface area contributed by atoms with E-state index in [-0.39, 0.29) is 0 Å². The van der Waals surface area contributed by atoms with Crippen molar-refractivity contribution in [3.05, 3.63) is 59.6 Å². The molecule has 1 amide bonds. The third kappa shape index (κ3) is 3.10. The molecule has 0 saturated carbocycles. The lowest BCUT2D eigenvalue weighted by Crippen LogP contribution is -2.28. The zero-order valence-corrected chi connectivity index (χ0v) is 12.7. The molecule has 2 heterocycles. The maximum Gasteiger partial charge on any atom is 0.250 e. The number of nitrogens with one attached hydrogen (secondary N) is 1. The second-order valence-corrected chi connectivity index (χ2v) is 5.86. The van der Waals surface area contributed by atoms with E-state index in [0.29, 0.717) is 10.7 Å². The Morgan fingerprint density at radius 2 is 1.96 bits per heavy atom. The molecular formula is C17H11N3O2S. The third-order valence-electron chi connectivity index (χ3n) is 3.24. The molecule has 3 rings (SSSR count). The van der Waals surface area contributed by atoms with Crippen LogP contribution in [-0.2, 0) is 4.79 Å². The van der Waals surface area contributed by atoms with Crippen LogP contribution in [0.1, 0.15) is 9.67 Å². The van der Waals surface area contributed by atoms with E-state index in [9.17, 15) is 14.9 Å². The summed E-state index contributed by atoms with van der Waals surface area (Å²) >= 11 is 1.28. The summed E-state index contributed by atoms with van der Waals surface area (Å²) in [7, 11) is 0. The standard InChI is InChI=1S/C17H11N3O2S/c18-10-12(17(22)20-15-7-3-4-8-19-15)16(21)14-9-11-5-1-2-6-13(11)23-14/h1-9,12H,(H,19,20,22)/t12-/m1/s1. The zero-order chi connectivity index (χ0) is 16.2.